The van der Waals surface area contributed by atoms with Crippen molar-refractivity contribution in [2.75, 3.05) is 20.3 Å². The van der Waals surface area contributed by atoms with Gasteiger partial charge in [0.15, 0.2) is 0 Å². The Morgan fingerprint density at radius 2 is 2.12 bits per heavy atom. The zero-order valence-electron chi connectivity index (χ0n) is 10.6. The number of benzene rings is 1. The molecule has 1 heterocycles. The lowest BCUT2D eigenvalue weighted by Crippen LogP contribution is -2.43. The molecule has 94 valence electrons. The van der Waals surface area contributed by atoms with Gasteiger partial charge in [-0.2, -0.15) is 0 Å². The molecule has 0 aliphatic carbocycles. The molecule has 2 atom stereocenters. The van der Waals surface area contributed by atoms with Crippen molar-refractivity contribution >= 4 is 0 Å². The van der Waals surface area contributed by atoms with Crippen LogP contribution in [0.25, 0.3) is 0 Å². The molecular formula is C14H21NO2. The molecular weight excluding hydrogens is 214 g/mol. The first-order chi connectivity index (χ1) is 8.18. The molecule has 1 saturated heterocycles. The SMILES string of the molecule is CO[C@@H]1CN(Cc2ccccc2)[C@](C)(CO)C1. The van der Waals surface area contributed by atoms with E-state index in [4.69, 9.17) is 4.74 Å². The molecule has 3 nitrogen and oxygen atoms in total. The van der Waals surface area contributed by atoms with Crippen LogP contribution in [-0.2, 0) is 11.3 Å². The average Bonchev–Trinajstić information content (AvgIpc) is 2.68. The van der Waals surface area contributed by atoms with Gasteiger partial charge in [-0.3, -0.25) is 4.90 Å². The normalized spacial score (nSPS) is 29.7. The Labute approximate surface area is 103 Å². The van der Waals surface area contributed by atoms with E-state index in [1.165, 1.54) is 5.56 Å². The number of aliphatic hydroxyl groups is 1. The van der Waals surface area contributed by atoms with Crippen molar-refractivity contribution in [1.29, 1.82) is 0 Å². The number of hydrogen-bond donors (Lipinski definition) is 1. The van der Waals surface area contributed by atoms with Crippen LogP contribution < -0.4 is 0 Å². The van der Waals surface area contributed by atoms with Crippen LogP contribution in [0.4, 0.5) is 0 Å². The fraction of sp³-hybridized carbons (Fsp3) is 0.571. The largest absolute Gasteiger partial charge is 0.394 e. The van der Waals surface area contributed by atoms with Gasteiger partial charge in [-0.25, -0.2) is 0 Å². The molecule has 1 aliphatic heterocycles. The minimum absolute atomic E-state index is 0.156. The third-order valence-corrected chi connectivity index (χ3v) is 3.75. The third kappa shape index (κ3) is 2.68. The topological polar surface area (TPSA) is 32.7 Å². The highest BCUT2D eigenvalue weighted by Crippen LogP contribution is 2.31. The van der Waals surface area contributed by atoms with Crippen LogP contribution in [-0.4, -0.2) is 41.9 Å². The van der Waals surface area contributed by atoms with E-state index in [0.29, 0.717) is 0 Å². The second-order valence-corrected chi connectivity index (χ2v) is 5.08. The summed E-state index contributed by atoms with van der Waals surface area (Å²) in [5, 5.41) is 9.59. The van der Waals surface area contributed by atoms with Crippen LogP contribution in [0.2, 0.25) is 0 Å². The zero-order chi connectivity index (χ0) is 12.3. The third-order valence-electron chi connectivity index (χ3n) is 3.75. The van der Waals surface area contributed by atoms with Gasteiger partial charge < -0.3 is 9.84 Å². The number of nitrogens with zero attached hydrogens (tertiary/aromatic N) is 1. The molecule has 0 saturated carbocycles. The van der Waals surface area contributed by atoms with Crippen LogP contribution in [0.3, 0.4) is 0 Å². The molecule has 0 bridgehead atoms. The minimum atomic E-state index is -0.156. The Bertz CT molecular complexity index is 354. The van der Waals surface area contributed by atoms with Gasteiger partial charge in [0.25, 0.3) is 0 Å². The highest BCUT2D eigenvalue weighted by atomic mass is 16.5. The van der Waals surface area contributed by atoms with E-state index in [1.54, 1.807) is 7.11 Å². The first-order valence-corrected chi connectivity index (χ1v) is 6.10. The molecule has 1 aromatic carbocycles. The lowest BCUT2D eigenvalue weighted by atomic mass is 9.99. The van der Waals surface area contributed by atoms with Gasteiger partial charge in [0.1, 0.15) is 0 Å². The molecule has 1 aliphatic rings. The maximum Gasteiger partial charge on any atom is 0.0716 e. The fourth-order valence-corrected chi connectivity index (χ4v) is 2.53. The van der Waals surface area contributed by atoms with Gasteiger partial charge in [-0.1, -0.05) is 30.3 Å². The molecule has 0 aromatic heterocycles. The number of methoxy groups -OCH3 is 1. The fourth-order valence-electron chi connectivity index (χ4n) is 2.53. The Morgan fingerprint density at radius 3 is 2.71 bits per heavy atom. The number of likely N-dealkylation sites (tertiary alicyclic amines) is 1. The number of hydrogen-bond acceptors (Lipinski definition) is 3. The predicted molar refractivity (Wildman–Crippen MR) is 67.8 cm³/mol. The summed E-state index contributed by atoms with van der Waals surface area (Å²) in [6, 6.07) is 10.4. The first-order valence-electron chi connectivity index (χ1n) is 6.10. The van der Waals surface area contributed by atoms with Gasteiger partial charge in [0.05, 0.1) is 12.7 Å². The van der Waals surface area contributed by atoms with Gasteiger partial charge in [0.2, 0.25) is 0 Å². The van der Waals surface area contributed by atoms with Crippen molar-refractivity contribution in [3.63, 3.8) is 0 Å². The summed E-state index contributed by atoms with van der Waals surface area (Å²) in [6.45, 7) is 4.05. The lowest BCUT2D eigenvalue weighted by molar-refractivity contribution is 0.0734. The summed E-state index contributed by atoms with van der Waals surface area (Å²) < 4.78 is 5.42. The molecule has 1 N–H and O–H groups in total. The van der Waals surface area contributed by atoms with Crippen molar-refractivity contribution in [1.82, 2.24) is 4.90 Å². The Kier molecular flexibility index (Phi) is 3.82. The van der Waals surface area contributed by atoms with E-state index in [1.807, 2.05) is 6.07 Å². The van der Waals surface area contributed by atoms with Crippen LogP contribution in [0.1, 0.15) is 18.9 Å². The summed E-state index contributed by atoms with van der Waals surface area (Å²) in [7, 11) is 1.74. The number of ether oxygens (including phenoxy) is 1. The molecule has 1 aromatic rings. The smallest absolute Gasteiger partial charge is 0.0716 e. The van der Waals surface area contributed by atoms with Crippen molar-refractivity contribution < 1.29 is 9.84 Å². The average molecular weight is 235 g/mol. The second kappa shape index (κ2) is 5.17. The van der Waals surface area contributed by atoms with Crippen molar-refractivity contribution in [3.05, 3.63) is 35.9 Å². The van der Waals surface area contributed by atoms with E-state index >= 15 is 0 Å². The molecule has 0 spiro atoms. The number of rotatable bonds is 4. The maximum atomic E-state index is 9.59. The van der Waals surface area contributed by atoms with E-state index in [0.717, 1.165) is 19.5 Å². The van der Waals surface area contributed by atoms with Gasteiger partial charge in [-0.05, 0) is 18.9 Å². The standard InChI is InChI=1S/C14H21NO2/c1-14(11-16)8-13(17-2)10-15(14)9-12-6-4-3-5-7-12/h3-7,13,16H,8-11H2,1-2H3/t13-,14-/m0/s1. The highest BCUT2D eigenvalue weighted by Gasteiger charge is 2.41. The Balaban J connectivity index is 2.09. The van der Waals surface area contributed by atoms with Crippen LogP contribution in [0, 0.1) is 0 Å². The number of aliphatic hydroxyl groups excluding tert-OH is 1. The Hall–Kier alpha value is -0.900. The molecule has 0 radical (unpaired) electrons. The monoisotopic (exact) mass is 235 g/mol. The summed E-state index contributed by atoms with van der Waals surface area (Å²) in [4.78, 5) is 2.32. The summed E-state index contributed by atoms with van der Waals surface area (Å²) in [5.41, 5.74) is 1.13. The molecule has 0 unspecified atom stereocenters. The van der Waals surface area contributed by atoms with Gasteiger partial charge in [-0.15, -0.1) is 0 Å². The minimum Gasteiger partial charge on any atom is -0.394 e. The molecule has 0 amide bonds. The predicted octanol–water partition coefficient (Wildman–Crippen LogP) is 1.66. The van der Waals surface area contributed by atoms with E-state index in [2.05, 4.69) is 36.1 Å². The van der Waals surface area contributed by atoms with Gasteiger partial charge >= 0.3 is 0 Å². The van der Waals surface area contributed by atoms with Crippen molar-refractivity contribution in [2.24, 2.45) is 0 Å². The van der Waals surface area contributed by atoms with Crippen LogP contribution >= 0.6 is 0 Å². The summed E-state index contributed by atoms with van der Waals surface area (Å²) >= 11 is 0. The van der Waals surface area contributed by atoms with Crippen molar-refractivity contribution in [3.8, 4) is 0 Å². The first kappa shape index (κ1) is 12.6. The van der Waals surface area contributed by atoms with Crippen LogP contribution in [0.5, 0.6) is 0 Å². The summed E-state index contributed by atoms with van der Waals surface area (Å²) in [5.74, 6) is 0. The van der Waals surface area contributed by atoms with E-state index in [9.17, 15) is 5.11 Å². The van der Waals surface area contributed by atoms with Crippen molar-refractivity contribution in [2.45, 2.75) is 31.5 Å². The lowest BCUT2D eigenvalue weighted by Gasteiger charge is -2.33. The van der Waals surface area contributed by atoms with E-state index in [-0.39, 0.29) is 18.2 Å². The molecule has 1 fully saturated rings. The van der Waals surface area contributed by atoms with Gasteiger partial charge in [0, 0.05) is 25.7 Å². The quantitative estimate of drug-likeness (QED) is 0.861. The summed E-state index contributed by atoms with van der Waals surface area (Å²) in [6.07, 6.45) is 1.13. The van der Waals surface area contributed by atoms with E-state index < -0.39 is 0 Å². The second-order valence-electron chi connectivity index (χ2n) is 5.08. The Morgan fingerprint density at radius 1 is 1.41 bits per heavy atom. The highest BCUT2D eigenvalue weighted by molar-refractivity contribution is 5.15. The maximum absolute atomic E-state index is 9.59. The molecule has 3 heteroatoms. The van der Waals surface area contributed by atoms with Crippen LogP contribution in [0.15, 0.2) is 30.3 Å². The zero-order valence-corrected chi connectivity index (χ0v) is 10.6. The molecule has 2 rings (SSSR count). The molecule has 17 heavy (non-hydrogen) atoms.